The molecule has 3 atom stereocenters. The van der Waals surface area contributed by atoms with Gasteiger partial charge in [-0.1, -0.05) is 6.07 Å². The number of ether oxygens (including phenoxy) is 1. The zero-order chi connectivity index (χ0) is 13.9. The number of rotatable bonds is 3. The van der Waals surface area contributed by atoms with Crippen LogP contribution < -0.4 is 5.32 Å². The molecule has 2 aliphatic heterocycles. The minimum absolute atomic E-state index is 0.0741. The van der Waals surface area contributed by atoms with Crippen LogP contribution in [0.15, 0.2) is 24.4 Å². The van der Waals surface area contributed by atoms with E-state index in [2.05, 4.69) is 10.3 Å². The summed E-state index contributed by atoms with van der Waals surface area (Å²) < 4.78 is 5.91. The van der Waals surface area contributed by atoms with Crippen molar-refractivity contribution in [3.8, 4) is 0 Å². The van der Waals surface area contributed by atoms with Gasteiger partial charge in [0.2, 0.25) is 0 Å². The second kappa shape index (κ2) is 5.89. The molecule has 0 aromatic carbocycles. The van der Waals surface area contributed by atoms with Crippen LogP contribution in [-0.2, 0) is 16.1 Å². The first-order valence-corrected chi connectivity index (χ1v) is 7.25. The van der Waals surface area contributed by atoms with Crippen molar-refractivity contribution in [1.82, 2.24) is 15.2 Å². The quantitative estimate of drug-likeness (QED) is 0.887. The summed E-state index contributed by atoms with van der Waals surface area (Å²) in [5.74, 6) is 0.610. The first-order valence-electron chi connectivity index (χ1n) is 7.25. The molecule has 2 fully saturated rings. The number of carbonyl (C=O) groups excluding carboxylic acids is 1. The van der Waals surface area contributed by atoms with Gasteiger partial charge in [0.15, 0.2) is 0 Å². The zero-order valence-corrected chi connectivity index (χ0v) is 11.8. The van der Waals surface area contributed by atoms with Gasteiger partial charge in [0, 0.05) is 19.8 Å². The second-order valence-electron chi connectivity index (χ2n) is 5.67. The van der Waals surface area contributed by atoms with E-state index < -0.39 is 0 Å². The fraction of sp³-hybridized carbons (Fsp3) is 0.600. The van der Waals surface area contributed by atoms with Gasteiger partial charge in [0.25, 0.3) is 5.91 Å². The van der Waals surface area contributed by atoms with Crippen molar-refractivity contribution in [1.29, 1.82) is 0 Å². The first-order chi connectivity index (χ1) is 9.74. The third-order valence-electron chi connectivity index (χ3n) is 4.20. The lowest BCUT2D eigenvalue weighted by molar-refractivity contribution is -0.142. The van der Waals surface area contributed by atoms with Gasteiger partial charge in [-0.3, -0.25) is 9.78 Å². The predicted octanol–water partition coefficient (Wildman–Crippen LogP) is 0.807. The average molecular weight is 275 g/mol. The van der Waals surface area contributed by atoms with E-state index >= 15 is 0 Å². The maximum atomic E-state index is 12.4. The molecular formula is C15H21N3O2. The maximum absolute atomic E-state index is 12.4. The van der Waals surface area contributed by atoms with Crippen molar-refractivity contribution in [3.63, 3.8) is 0 Å². The Morgan fingerprint density at radius 2 is 2.45 bits per heavy atom. The summed E-state index contributed by atoms with van der Waals surface area (Å²) >= 11 is 0. The number of carbonyl (C=O) groups is 1. The van der Waals surface area contributed by atoms with Crippen LogP contribution in [0.4, 0.5) is 0 Å². The summed E-state index contributed by atoms with van der Waals surface area (Å²) in [6, 6.07) is 5.75. The molecular weight excluding hydrogens is 254 g/mol. The lowest BCUT2D eigenvalue weighted by Crippen LogP contribution is -2.39. The molecule has 0 unspecified atom stereocenters. The second-order valence-corrected chi connectivity index (χ2v) is 5.67. The average Bonchev–Trinajstić information content (AvgIpc) is 2.91. The Bertz CT molecular complexity index is 451. The summed E-state index contributed by atoms with van der Waals surface area (Å²) in [5, 5.41) is 3.32. The first kappa shape index (κ1) is 13.5. The van der Waals surface area contributed by atoms with E-state index in [9.17, 15) is 4.79 Å². The lowest BCUT2D eigenvalue weighted by Gasteiger charge is -2.24. The third-order valence-corrected chi connectivity index (χ3v) is 4.20. The highest BCUT2D eigenvalue weighted by molar-refractivity contribution is 5.81. The van der Waals surface area contributed by atoms with Crippen LogP contribution in [0.25, 0.3) is 0 Å². The number of piperidine rings is 1. The maximum Gasteiger partial charge on any atom is 0.251 e. The van der Waals surface area contributed by atoms with Crippen LogP contribution in [0, 0.1) is 5.92 Å². The number of fused-ring (bicyclic) bond motifs is 1. The van der Waals surface area contributed by atoms with Crippen LogP contribution in [0.2, 0.25) is 0 Å². The Morgan fingerprint density at radius 1 is 1.55 bits per heavy atom. The number of pyridine rings is 1. The SMILES string of the molecule is CN(Cc1ccccn1)C(=O)[C@@H]1C[C@@H]2CCNC[C@H]2O1. The Morgan fingerprint density at radius 3 is 3.20 bits per heavy atom. The molecule has 3 rings (SSSR count). The molecule has 108 valence electrons. The molecule has 1 aromatic rings. The Balaban J connectivity index is 1.58. The smallest absolute Gasteiger partial charge is 0.251 e. The fourth-order valence-corrected chi connectivity index (χ4v) is 3.07. The van der Waals surface area contributed by atoms with Crippen LogP contribution in [-0.4, -0.2) is 48.1 Å². The highest BCUT2D eigenvalue weighted by Crippen LogP contribution is 2.31. The number of aromatic nitrogens is 1. The van der Waals surface area contributed by atoms with Crippen LogP contribution in [0.5, 0.6) is 0 Å². The predicted molar refractivity (Wildman–Crippen MR) is 75.0 cm³/mol. The molecule has 0 saturated carbocycles. The highest BCUT2D eigenvalue weighted by atomic mass is 16.5. The highest BCUT2D eigenvalue weighted by Gasteiger charge is 2.40. The van der Waals surface area contributed by atoms with Gasteiger partial charge < -0.3 is 15.0 Å². The molecule has 5 heteroatoms. The summed E-state index contributed by atoms with van der Waals surface area (Å²) in [7, 11) is 1.82. The van der Waals surface area contributed by atoms with Gasteiger partial charge in [-0.15, -0.1) is 0 Å². The molecule has 5 nitrogen and oxygen atoms in total. The standard InChI is InChI=1S/C15H21N3O2/c1-18(10-12-4-2-3-6-17-12)15(19)13-8-11-5-7-16-9-14(11)20-13/h2-4,6,11,13-14,16H,5,7-10H2,1H3/t11-,13-,14+/m0/s1. The zero-order valence-electron chi connectivity index (χ0n) is 11.8. The van der Waals surface area contributed by atoms with Gasteiger partial charge >= 0.3 is 0 Å². The van der Waals surface area contributed by atoms with Gasteiger partial charge in [0.1, 0.15) is 6.10 Å². The van der Waals surface area contributed by atoms with E-state index in [1.54, 1.807) is 11.1 Å². The summed E-state index contributed by atoms with van der Waals surface area (Å²) in [6.45, 7) is 2.45. The normalized spacial score (nSPS) is 28.9. The van der Waals surface area contributed by atoms with Crippen molar-refractivity contribution in [2.45, 2.75) is 31.6 Å². The molecule has 0 radical (unpaired) electrons. The number of amides is 1. The van der Waals surface area contributed by atoms with Crippen molar-refractivity contribution in [2.75, 3.05) is 20.1 Å². The monoisotopic (exact) mass is 275 g/mol. The van der Waals surface area contributed by atoms with Crippen LogP contribution in [0.1, 0.15) is 18.5 Å². The number of hydrogen-bond acceptors (Lipinski definition) is 4. The largest absolute Gasteiger partial charge is 0.364 e. The molecule has 2 aliphatic rings. The van der Waals surface area contributed by atoms with E-state index in [-0.39, 0.29) is 18.1 Å². The fourth-order valence-electron chi connectivity index (χ4n) is 3.07. The number of likely N-dealkylation sites (N-methyl/N-ethyl adjacent to an activating group) is 1. The Hall–Kier alpha value is -1.46. The minimum Gasteiger partial charge on any atom is -0.364 e. The molecule has 0 spiro atoms. The third kappa shape index (κ3) is 2.83. The molecule has 3 heterocycles. The summed E-state index contributed by atoms with van der Waals surface area (Å²) in [5.41, 5.74) is 0.903. The molecule has 0 bridgehead atoms. The minimum atomic E-state index is -0.279. The van der Waals surface area contributed by atoms with Gasteiger partial charge in [-0.25, -0.2) is 0 Å². The molecule has 20 heavy (non-hydrogen) atoms. The Labute approximate surface area is 119 Å². The van der Waals surface area contributed by atoms with Crippen molar-refractivity contribution in [2.24, 2.45) is 5.92 Å². The number of nitrogens with one attached hydrogen (secondary N) is 1. The Kier molecular flexibility index (Phi) is 3.98. The van der Waals surface area contributed by atoms with Gasteiger partial charge in [0.05, 0.1) is 18.3 Å². The molecule has 0 aliphatic carbocycles. The van der Waals surface area contributed by atoms with Crippen molar-refractivity contribution >= 4 is 5.91 Å². The van der Waals surface area contributed by atoms with Crippen LogP contribution >= 0.6 is 0 Å². The van der Waals surface area contributed by atoms with E-state index in [1.807, 2.05) is 25.2 Å². The van der Waals surface area contributed by atoms with Gasteiger partial charge in [-0.2, -0.15) is 0 Å². The lowest BCUT2D eigenvalue weighted by atomic mass is 9.93. The molecule has 1 aromatic heterocycles. The van der Waals surface area contributed by atoms with E-state index in [1.165, 1.54) is 0 Å². The number of hydrogen-bond donors (Lipinski definition) is 1. The topological polar surface area (TPSA) is 54.5 Å². The van der Waals surface area contributed by atoms with Crippen molar-refractivity contribution < 1.29 is 9.53 Å². The molecule has 1 N–H and O–H groups in total. The van der Waals surface area contributed by atoms with E-state index in [4.69, 9.17) is 4.74 Å². The molecule has 2 saturated heterocycles. The van der Waals surface area contributed by atoms with Crippen molar-refractivity contribution in [3.05, 3.63) is 30.1 Å². The molecule has 1 amide bonds. The number of nitrogens with zero attached hydrogens (tertiary/aromatic N) is 2. The van der Waals surface area contributed by atoms with Gasteiger partial charge in [-0.05, 0) is 37.4 Å². The summed E-state index contributed by atoms with van der Waals surface area (Å²) in [6.07, 6.45) is 3.65. The van der Waals surface area contributed by atoms with E-state index in [0.29, 0.717) is 12.5 Å². The van der Waals surface area contributed by atoms with Crippen LogP contribution in [0.3, 0.4) is 0 Å². The van der Waals surface area contributed by atoms with E-state index in [0.717, 1.165) is 31.6 Å². The summed E-state index contributed by atoms with van der Waals surface area (Å²) in [4.78, 5) is 18.4.